The molecule has 0 bridgehead atoms. The van der Waals surface area contributed by atoms with E-state index in [0.29, 0.717) is 17.3 Å². The Kier molecular flexibility index (Phi) is 4.89. The van der Waals surface area contributed by atoms with Gasteiger partial charge in [-0.2, -0.15) is 5.26 Å². The molecule has 122 valence electrons. The van der Waals surface area contributed by atoms with Crippen molar-refractivity contribution in [2.75, 3.05) is 32.8 Å². The summed E-state index contributed by atoms with van der Waals surface area (Å²) in [6.45, 7) is 6.33. The van der Waals surface area contributed by atoms with Crippen molar-refractivity contribution in [3.8, 4) is 6.07 Å². The lowest BCUT2D eigenvalue weighted by Crippen LogP contribution is -2.57. The van der Waals surface area contributed by atoms with Gasteiger partial charge in [0.25, 0.3) is 5.91 Å². The molecule has 0 aromatic carbocycles. The molecule has 2 aliphatic heterocycles. The molecule has 3 rings (SSSR count). The number of pyridine rings is 1. The molecule has 2 saturated heterocycles. The average Bonchev–Trinajstić information content (AvgIpc) is 2.62. The van der Waals surface area contributed by atoms with Gasteiger partial charge in [-0.3, -0.25) is 9.69 Å². The lowest BCUT2D eigenvalue weighted by molar-refractivity contribution is 0.000701. The van der Waals surface area contributed by atoms with E-state index in [2.05, 4.69) is 16.8 Å². The van der Waals surface area contributed by atoms with Crippen molar-refractivity contribution in [3.05, 3.63) is 29.6 Å². The van der Waals surface area contributed by atoms with E-state index < -0.39 is 0 Å². The third-order valence-electron chi connectivity index (χ3n) is 4.75. The van der Waals surface area contributed by atoms with Gasteiger partial charge >= 0.3 is 0 Å². The monoisotopic (exact) mass is 314 g/mol. The fourth-order valence-corrected chi connectivity index (χ4v) is 3.42. The van der Waals surface area contributed by atoms with Crippen molar-refractivity contribution >= 4 is 5.91 Å². The summed E-state index contributed by atoms with van der Waals surface area (Å²) in [5.74, 6) is 0.00103. The molecule has 0 saturated carbocycles. The Balaban J connectivity index is 1.63. The van der Waals surface area contributed by atoms with E-state index in [1.54, 1.807) is 12.1 Å². The molecule has 0 spiro atoms. The zero-order valence-corrected chi connectivity index (χ0v) is 13.4. The first-order valence-corrected chi connectivity index (χ1v) is 8.18. The summed E-state index contributed by atoms with van der Waals surface area (Å²) in [5.41, 5.74) is 0.884. The number of piperazine rings is 1. The van der Waals surface area contributed by atoms with Gasteiger partial charge in [0, 0.05) is 51.1 Å². The van der Waals surface area contributed by atoms with E-state index in [1.165, 1.54) is 6.20 Å². The Hall–Kier alpha value is -1.97. The van der Waals surface area contributed by atoms with Crippen LogP contribution in [0.2, 0.25) is 0 Å². The molecule has 6 heteroatoms. The van der Waals surface area contributed by atoms with Crippen LogP contribution in [-0.2, 0) is 4.74 Å². The van der Waals surface area contributed by atoms with Crippen LogP contribution in [0.15, 0.2) is 18.3 Å². The number of hydrogen-bond acceptors (Lipinski definition) is 5. The maximum atomic E-state index is 12.7. The molecule has 1 aromatic heterocycles. The predicted octanol–water partition coefficient (Wildman–Crippen LogP) is 1.28. The van der Waals surface area contributed by atoms with E-state index in [9.17, 15) is 4.79 Å². The molecule has 1 atom stereocenters. The van der Waals surface area contributed by atoms with Crippen molar-refractivity contribution in [3.63, 3.8) is 0 Å². The molecule has 1 aromatic rings. The number of hydrogen-bond donors (Lipinski definition) is 0. The van der Waals surface area contributed by atoms with Crippen LogP contribution < -0.4 is 0 Å². The van der Waals surface area contributed by atoms with Crippen LogP contribution >= 0.6 is 0 Å². The van der Waals surface area contributed by atoms with Crippen LogP contribution in [0, 0.1) is 11.3 Å². The predicted molar refractivity (Wildman–Crippen MR) is 84.9 cm³/mol. The van der Waals surface area contributed by atoms with E-state index >= 15 is 0 Å². The molecule has 2 fully saturated rings. The first kappa shape index (κ1) is 15.9. The van der Waals surface area contributed by atoms with Crippen LogP contribution in [0.3, 0.4) is 0 Å². The molecule has 23 heavy (non-hydrogen) atoms. The Morgan fingerprint density at radius 1 is 1.35 bits per heavy atom. The zero-order chi connectivity index (χ0) is 16.2. The van der Waals surface area contributed by atoms with Crippen LogP contribution in [-0.4, -0.2) is 65.6 Å². The van der Waals surface area contributed by atoms with Gasteiger partial charge in [-0.05, 0) is 31.9 Å². The largest absolute Gasteiger partial charge is 0.381 e. The van der Waals surface area contributed by atoms with Crippen LogP contribution in [0.1, 0.15) is 35.8 Å². The topological polar surface area (TPSA) is 69.5 Å². The van der Waals surface area contributed by atoms with Gasteiger partial charge in [0.15, 0.2) is 0 Å². The van der Waals surface area contributed by atoms with Crippen molar-refractivity contribution in [2.45, 2.75) is 31.8 Å². The minimum Gasteiger partial charge on any atom is -0.381 e. The van der Waals surface area contributed by atoms with Gasteiger partial charge in [0.1, 0.15) is 11.8 Å². The highest BCUT2D eigenvalue weighted by Crippen LogP contribution is 2.20. The fraction of sp³-hybridized carbons (Fsp3) is 0.588. The molecule has 0 aliphatic carbocycles. The zero-order valence-electron chi connectivity index (χ0n) is 13.4. The van der Waals surface area contributed by atoms with Crippen molar-refractivity contribution in [2.24, 2.45) is 0 Å². The number of carbonyl (C=O) groups excluding carboxylic acids is 1. The highest BCUT2D eigenvalue weighted by atomic mass is 16.5. The lowest BCUT2D eigenvalue weighted by Gasteiger charge is -2.44. The average molecular weight is 314 g/mol. The third-order valence-corrected chi connectivity index (χ3v) is 4.75. The highest BCUT2D eigenvalue weighted by molar-refractivity contribution is 5.94. The van der Waals surface area contributed by atoms with Crippen molar-refractivity contribution in [1.82, 2.24) is 14.8 Å². The second kappa shape index (κ2) is 7.07. The van der Waals surface area contributed by atoms with Crippen molar-refractivity contribution in [1.29, 1.82) is 5.26 Å². The quantitative estimate of drug-likeness (QED) is 0.822. The summed E-state index contributed by atoms with van der Waals surface area (Å²) in [7, 11) is 0. The number of aromatic nitrogens is 1. The van der Waals surface area contributed by atoms with Gasteiger partial charge in [-0.25, -0.2) is 4.98 Å². The number of rotatable bonds is 2. The molecule has 0 radical (unpaired) electrons. The van der Waals surface area contributed by atoms with Gasteiger partial charge in [0.05, 0.1) is 5.56 Å². The fourth-order valence-electron chi connectivity index (χ4n) is 3.42. The Bertz CT molecular complexity index is 590. The van der Waals surface area contributed by atoms with Gasteiger partial charge in [0.2, 0.25) is 0 Å². The molecule has 3 heterocycles. The maximum absolute atomic E-state index is 12.7. The first-order chi connectivity index (χ1) is 11.2. The second-order valence-electron chi connectivity index (χ2n) is 6.23. The van der Waals surface area contributed by atoms with Crippen molar-refractivity contribution < 1.29 is 9.53 Å². The first-order valence-electron chi connectivity index (χ1n) is 8.18. The van der Waals surface area contributed by atoms with Crippen LogP contribution in [0.25, 0.3) is 0 Å². The molecule has 0 N–H and O–H groups in total. The number of nitriles is 1. The molecule has 6 nitrogen and oxygen atoms in total. The summed E-state index contributed by atoms with van der Waals surface area (Å²) in [6, 6.07) is 6.01. The summed E-state index contributed by atoms with van der Waals surface area (Å²) < 4.78 is 5.43. The molecular formula is C17H22N4O2. The van der Waals surface area contributed by atoms with Crippen LogP contribution in [0.4, 0.5) is 0 Å². The number of ether oxygens (including phenoxy) is 1. The second-order valence-corrected chi connectivity index (χ2v) is 6.23. The Labute approximate surface area is 136 Å². The van der Waals surface area contributed by atoms with Gasteiger partial charge < -0.3 is 9.64 Å². The highest BCUT2D eigenvalue weighted by Gasteiger charge is 2.32. The summed E-state index contributed by atoms with van der Waals surface area (Å²) in [6.07, 6.45) is 3.67. The van der Waals surface area contributed by atoms with E-state index in [-0.39, 0.29) is 11.9 Å². The Morgan fingerprint density at radius 3 is 2.74 bits per heavy atom. The lowest BCUT2D eigenvalue weighted by atomic mass is 10.0. The molecule has 0 unspecified atom stereocenters. The van der Waals surface area contributed by atoms with E-state index in [0.717, 1.165) is 45.7 Å². The van der Waals surface area contributed by atoms with Gasteiger partial charge in [-0.15, -0.1) is 0 Å². The number of carbonyl (C=O) groups is 1. The molecule has 1 amide bonds. The molecular weight excluding hydrogens is 292 g/mol. The van der Waals surface area contributed by atoms with Gasteiger partial charge in [-0.1, -0.05) is 0 Å². The third kappa shape index (κ3) is 3.52. The number of nitrogens with zero attached hydrogens (tertiary/aromatic N) is 4. The van der Waals surface area contributed by atoms with E-state index in [4.69, 9.17) is 10.00 Å². The SMILES string of the molecule is C[C@@H]1CN(C2CCOCC2)CCN1C(=O)c1ccc(C#N)nc1. The maximum Gasteiger partial charge on any atom is 0.255 e. The Morgan fingerprint density at radius 2 is 2.13 bits per heavy atom. The minimum atomic E-state index is 0.00103. The summed E-state index contributed by atoms with van der Waals surface area (Å²) >= 11 is 0. The number of amides is 1. The minimum absolute atomic E-state index is 0.00103. The molecule has 2 aliphatic rings. The normalized spacial score (nSPS) is 23.5. The smallest absolute Gasteiger partial charge is 0.255 e. The summed E-state index contributed by atoms with van der Waals surface area (Å²) in [4.78, 5) is 21.1. The standard InChI is InChI=1S/C17H22N4O2/c1-13-12-20(16-4-8-23-9-5-16)6-7-21(13)17(22)14-2-3-15(10-18)19-11-14/h2-3,11,13,16H,4-9,12H2,1H3/t13-/m1/s1. The summed E-state index contributed by atoms with van der Waals surface area (Å²) in [5, 5.41) is 8.79. The van der Waals surface area contributed by atoms with E-state index in [1.807, 2.05) is 11.0 Å². The van der Waals surface area contributed by atoms with Crippen LogP contribution in [0.5, 0.6) is 0 Å².